The predicted molar refractivity (Wildman–Crippen MR) is 96.4 cm³/mol. The van der Waals surface area contributed by atoms with Gasteiger partial charge in [-0.3, -0.25) is 4.79 Å². The first-order chi connectivity index (χ1) is 12.7. The summed E-state index contributed by atoms with van der Waals surface area (Å²) in [6.45, 7) is 0.486. The van der Waals surface area contributed by atoms with E-state index in [4.69, 9.17) is 8.94 Å². The molecule has 3 heterocycles. The standard InChI is InChI=1S/C18H16N4O3S/c1-22(11-16-19-12-5-2-3-7-14(12)26-16)17(23)9-8-15-20-18(21-25-15)13-6-4-10-24-13/h2-7,10H,8-9,11H2,1H3. The van der Waals surface area contributed by atoms with Crippen molar-refractivity contribution in [1.29, 1.82) is 0 Å². The highest BCUT2D eigenvalue weighted by Gasteiger charge is 2.15. The van der Waals surface area contributed by atoms with Gasteiger partial charge in [-0.2, -0.15) is 4.98 Å². The zero-order chi connectivity index (χ0) is 17.9. The lowest BCUT2D eigenvalue weighted by molar-refractivity contribution is -0.130. The second kappa shape index (κ2) is 7.09. The molecule has 0 aliphatic heterocycles. The summed E-state index contributed by atoms with van der Waals surface area (Å²) in [5.41, 5.74) is 0.963. The Labute approximate surface area is 153 Å². The molecule has 26 heavy (non-hydrogen) atoms. The molecule has 0 radical (unpaired) electrons. The fraction of sp³-hybridized carbons (Fsp3) is 0.222. The number of aryl methyl sites for hydroxylation is 1. The first-order valence-corrected chi connectivity index (χ1v) is 8.95. The van der Waals surface area contributed by atoms with E-state index in [-0.39, 0.29) is 5.91 Å². The van der Waals surface area contributed by atoms with Crippen LogP contribution in [0.3, 0.4) is 0 Å². The summed E-state index contributed by atoms with van der Waals surface area (Å²) in [6, 6.07) is 11.5. The summed E-state index contributed by atoms with van der Waals surface area (Å²) >= 11 is 1.60. The summed E-state index contributed by atoms with van der Waals surface area (Å²) in [5, 5.41) is 4.78. The van der Waals surface area contributed by atoms with Crippen molar-refractivity contribution in [3.63, 3.8) is 0 Å². The third-order valence-electron chi connectivity index (χ3n) is 3.90. The maximum Gasteiger partial charge on any atom is 0.238 e. The van der Waals surface area contributed by atoms with Crippen molar-refractivity contribution in [2.45, 2.75) is 19.4 Å². The number of hydrogen-bond donors (Lipinski definition) is 0. The Balaban J connectivity index is 1.34. The van der Waals surface area contributed by atoms with E-state index < -0.39 is 0 Å². The minimum Gasteiger partial charge on any atom is -0.461 e. The van der Waals surface area contributed by atoms with Gasteiger partial charge in [-0.05, 0) is 24.3 Å². The average Bonchev–Trinajstić information content (AvgIpc) is 3.38. The zero-order valence-electron chi connectivity index (χ0n) is 14.1. The zero-order valence-corrected chi connectivity index (χ0v) is 14.9. The van der Waals surface area contributed by atoms with Crippen molar-refractivity contribution < 1.29 is 13.7 Å². The van der Waals surface area contributed by atoms with Crippen molar-refractivity contribution in [1.82, 2.24) is 20.0 Å². The summed E-state index contributed by atoms with van der Waals surface area (Å²) in [4.78, 5) is 22.8. The van der Waals surface area contributed by atoms with E-state index in [9.17, 15) is 4.79 Å². The molecule has 1 aromatic carbocycles. The smallest absolute Gasteiger partial charge is 0.238 e. The number of rotatable bonds is 6. The van der Waals surface area contributed by atoms with Gasteiger partial charge >= 0.3 is 0 Å². The number of carbonyl (C=O) groups excluding carboxylic acids is 1. The molecule has 4 rings (SSSR count). The van der Waals surface area contributed by atoms with E-state index in [1.807, 2.05) is 24.3 Å². The highest BCUT2D eigenvalue weighted by Crippen LogP contribution is 2.22. The molecule has 0 N–H and O–H groups in total. The Hall–Kier alpha value is -3.00. The number of furan rings is 1. The van der Waals surface area contributed by atoms with Crippen LogP contribution in [-0.2, 0) is 17.8 Å². The molecule has 132 valence electrons. The maximum absolute atomic E-state index is 12.4. The number of benzene rings is 1. The Morgan fingerprint density at radius 2 is 2.08 bits per heavy atom. The number of fused-ring (bicyclic) bond motifs is 1. The average molecular weight is 368 g/mol. The molecule has 8 heteroatoms. The van der Waals surface area contributed by atoms with Gasteiger partial charge in [-0.25, -0.2) is 4.98 Å². The molecule has 0 fully saturated rings. The van der Waals surface area contributed by atoms with Crippen LogP contribution in [0.2, 0.25) is 0 Å². The molecule has 7 nitrogen and oxygen atoms in total. The lowest BCUT2D eigenvalue weighted by atomic mass is 10.3. The van der Waals surface area contributed by atoms with Crippen molar-refractivity contribution in [3.05, 3.63) is 53.6 Å². The molecule has 0 unspecified atom stereocenters. The van der Waals surface area contributed by atoms with Crippen LogP contribution < -0.4 is 0 Å². The molecule has 0 atom stereocenters. The predicted octanol–water partition coefficient (Wildman–Crippen LogP) is 3.53. The van der Waals surface area contributed by atoms with Gasteiger partial charge in [0.25, 0.3) is 0 Å². The number of thiazole rings is 1. The van der Waals surface area contributed by atoms with Gasteiger partial charge < -0.3 is 13.8 Å². The number of amides is 1. The van der Waals surface area contributed by atoms with Gasteiger partial charge in [0, 0.05) is 19.9 Å². The second-order valence-electron chi connectivity index (χ2n) is 5.81. The van der Waals surface area contributed by atoms with Gasteiger partial charge in [0.05, 0.1) is 23.0 Å². The maximum atomic E-state index is 12.4. The first kappa shape index (κ1) is 16.5. The van der Waals surface area contributed by atoms with Crippen molar-refractivity contribution in [2.24, 2.45) is 0 Å². The fourth-order valence-corrected chi connectivity index (χ4v) is 3.57. The Morgan fingerprint density at radius 1 is 1.19 bits per heavy atom. The molecule has 3 aromatic heterocycles. The monoisotopic (exact) mass is 368 g/mol. The minimum absolute atomic E-state index is 0.00186. The first-order valence-electron chi connectivity index (χ1n) is 8.14. The van der Waals surface area contributed by atoms with Crippen LogP contribution in [0, 0.1) is 0 Å². The quantitative estimate of drug-likeness (QED) is 0.517. The minimum atomic E-state index is 0.00186. The van der Waals surface area contributed by atoms with E-state index in [1.165, 1.54) is 0 Å². The molecule has 1 amide bonds. The van der Waals surface area contributed by atoms with Crippen molar-refractivity contribution in [2.75, 3.05) is 7.05 Å². The SMILES string of the molecule is CN(Cc1nc2ccccc2s1)C(=O)CCc1nc(-c2ccco2)no1. The molecule has 4 aromatic rings. The third kappa shape index (κ3) is 3.50. The summed E-state index contributed by atoms with van der Waals surface area (Å²) in [7, 11) is 1.77. The third-order valence-corrected chi connectivity index (χ3v) is 4.92. The van der Waals surface area contributed by atoms with E-state index in [0.29, 0.717) is 36.9 Å². The van der Waals surface area contributed by atoms with Crippen LogP contribution in [0.4, 0.5) is 0 Å². The van der Waals surface area contributed by atoms with E-state index in [0.717, 1.165) is 15.2 Å². The Kier molecular flexibility index (Phi) is 4.49. The summed E-state index contributed by atoms with van der Waals surface area (Å²) in [5.74, 6) is 1.35. The highest BCUT2D eigenvalue weighted by molar-refractivity contribution is 7.18. The highest BCUT2D eigenvalue weighted by atomic mass is 32.1. The van der Waals surface area contributed by atoms with E-state index >= 15 is 0 Å². The van der Waals surface area contributed by atoms with Gasteiger partial charge in [-0.1, -0.05) is 17.3 Å². The van der Waals surface area contributed by atoms with Crippen LogP contribution in [0.25, 0.3) is 21.8 Å². The van der Waals surface area contributed by atoms with Gasteiger partial charge in [0.15, 0.2) is 5.76 Å². The summed E-state index contributed by atoms with van der Waals surface area (Å²) in [6.07, 6.45) is 2.23. The molecular formula is C18H16N4O3S. The van der Waals surface area contributed by atoms with Crippen LogP contribution >= 0.6 is 11.3 Å². The molecule has 0 saturated carbocycles. The number of para-hydroxylation sites is 1. The van der Waals surface area contributed by atoms with Crippen LogP contribution in [0.15, 0.2) is 51.6 Å². The Morgan fingerprint density at radius 3 is 2.88 bits per heavy atom. The number of carbonyl (C=O) groups is 1. The van der Waals surface area contributed by atoms with E-state index in [1.54, 1.807) is 41.7 Å². The Bertz CT molecular complexity index is 989. The van der Waals surface area contributed by atoms with Gasteiger partial charge in [0.1, 0.15) is 5.01 Å². The number of aromatic nitrogens is 3. The normalized spacial score (nSPS) is 11.1. The molecule has 0 aliphatic rings. The van der Waals surface area contributed by atoms with Crippen molar-refractivity contribution >= 4 is 27.5 Å². The van der Waals surface area contributed by atoms with Crippen LogP contribution in [-0.4, -0.2) is 33.0 Å². The fourth-order valence-electron chi connectivity index (χ4n) is 2.55. The van der Waals surface area contributed by atoms with Gasteiger partial charge in [0.2, 0.25) is 17.6 Å². The van der Waals surface area contributed by atoms with Gasteiger partial charge in [-0.15, -0.1) is 11.3 Å². The number of nitrogens with zero attached hydrogens (tertiary/aromatic N) is 4. The molecule has 0 bridgehead atoms. The molecular weight excluding hydrogens is 352 g/mol. The van der Waals surface area contributed by atoms with E-state index in [2.05, 4.69) is 15.1 Å². The number of hydrogen-bond acceptors (Lipinski definition) is 7. The summed E-state index contributed by atoms with van der Waals surface area (Å²) < 4.78 is 11.5. The van der Waals surface area contributed by atoms with Crippen molar-refractivity contribution in [3.8, 4) is 11.6 Å². The largest absolute Gasteiger partial charge is 0.461 e. The van der Waals surface area contributed by atoms with Crippen LogP contribution in [0.1, 0.15) is 17.3 Å². The van der Waals surface area contributed by atoms with Crippen LogP contribution in [0.5, 0.6) is 0 Å². The lowest BCUT2D eigenvalue weighted by Gasteiger charge is -2.14. The molecule has 0 aliphatic carbocycles. The molecule has 0 spiro atoms. The molecule has 0 saturated heterocycles. The lowest BCUT2D eigenvalue weighted by Crippen LogP contribution is -2.26. The second-order valence-corrected chi connectivity index (χ2v) is 6.93. The topological polar surface area (TPSA) is 85.3 Å².